The molecule has 1 aromatic carbocycles. The van der Waals surface area contributed by atoms with E-state index in [0.717, 1.165) is 31.9 Å². The van der Waals surface area contributed by atoms with Crippen LogP contribution >= 0.6 is 11.6 Å². The van der Waals surface area contributed by atoms with Crippen LogP contribution in [0.4, 0.5) is 11.4 Å². The summed E-state index contributed by atoms with van der Waals surface area (Å²) < 4.78 is 27.0. The molecule has 31 heavy (non-hydrogen) atoms. The van der Waals surface area contributed by atoms with Gasteiger partial charge in [0.1, 0.15) is 0 Å². The van der Waals surface area contributed by atoms with Crippen LogP contribution in [-0.4, -0.2) is 42.3 Å². The van der Waals surface area contributed by atoms with Crippen molar-refractivity contribution in [2.75, 3.05) is 16.3 Å². The molecule has 11 heteroatoms. The molecule has 166 valence electrons. The summed E-state index contributed by atoms with van der Waals surface area (Å²) in [6, 6.07) is 5.01. The average Bonchev–Trinajstić information content (AvgIpc) is 3.02. The molecule has 1 spiro atoms. The normalized spacial score (nSPS) is 24.7. The highest BCUT2D eigenvalue weighted by Crippen LogP contribution is 2.60. The molecule has 4 rings (SSSR count). The number of hydrogen-bond donors (Lipinski definition) is 3. The van der Waals surface area contributed by atoms with E-state index in [1.807, 2.05) is 4.68 Å². The van der Waals surface area contributed by atoms with E-state index < -0.39 is 10.0 Å². The molecule has 0 atom stereocenters. The molecule has 2 aliphatic rings. The number of nitrogens with zero attached hydrogens (tertiary/aromatic N) is 2. The Morgan fingerprint density at radius 3 is 2.48 bits per heavy atom. The third-order valence-corrected chi connectivity index (χ3v) is 6.62. The van der Waals surface area contributed by atoms with E-state index in [-0.39, 0.29) is 40.0 Å². The second-order valence-corrected chi connectivity index (χ2v) is 10.8. The zero-order valence-corrected chi connectivity index (χ0v) is 18.8. The summed E-state index contributed by atoms with van der Waals surface area (Å²) in [6.45, 7) is 1.54. The second kappa shape index (κ2) is 7.83. The van der Waals surface area contributed by atoms with Crippen LogP contribution < -0.4 is 15.4 Å². The van der Waals surface area contributed by atoms with Crippen molar-refractivity contribution >= 4 is 44.8 Å². The lowest BCUT2D eigenvalue weighted by molar-refractivity contribution is -0.123. The zero-order valence-electron chi connectivity index (χ0n) is 17.2. The summed E-state index contributed by atoms with van der Waals surface area (Å²) in [5, 5.41) is 10.3. The number of hydrogen-bond acceptors (Lipinski definition) is 5. The number of amides is 2. The summed E-state index contributed by atoms with van der Waals surface area (Å²) in [6.07, 6.45) is 8.24. The van der Waals surface area contributed by atoms with Gasteiger partial charge in [0, 0.05) is 29.9 Å². The Kier molecular flexibility index (Phi) is 5.47. The molecular formula is C20H24ClN5O4S. The molecule has 0 aliphatic heterocycles. The van der Waals surface area contributed by atoms with Gasteiger partial charge in [0.25, 0.3) is 5.91 Å². The van der Waals surface area contributed by atoms with Gasteiger partial charge in [-0.05, 0) is 49.3 Å². The number of anilines is 2. The molecule has 0 saturated heterocycles. The van der Waals surface area contributed by atoms with Gasteiger partial charge >= 0.3 is 0 Å². The molecule has 0 radical (unpaired) electrons. The number of carbonyl (C=O) groups is 2. The van der Waals surface area contributed by atoms with E-state index in [9.17, 15) is 18.0 Å². The number of halogens is 1. The second-order valence-electron chi connectivity index (χ2n) is 8.63. The molecule has 0 bridgehead atoms. The van der Waals surface area contributed by atoms with Crippen LogP contribution in [0.5, 0.6) is 0 Å². The van der Waals surface area contributed by atoms with E-state index >= 15 is 0 Å². The van der Waals surface area contributed by atoms with Crippen LogP contribution in [0.1, 0.15) is 49.0 Å². The lowest BCUT2D eigenvalue weighted by Gasteiger charge is -2.57. The van der Waals surface area contributed by atoms with E-state index in [0.29, 0.717) is 11.3 Å². The molecule has 2 fully saturated rings. The summed E-state index contributed by atoms with van der Waals surface area (Å²) in [5.74, 6) is -0.348. The molecule has 1 heterocycles. The number of sulfonamides is 1. The minimum Gasteiger partial charge on any atom is -0.354 e. The maximum atomic E-state index is 12.6. The predicted molar refractivity (Wildman–Crippen MR) is 118 cm³/mol. The molecule has 1 aromatic heterocycles. The minimum absolute atomic E-state index is 0.0115. The largest absolute Gasteiger partial charge is 0.354 e. The molecule has 3 N–H and O–H groups in total. The molecule has 2 aliphatic carbocycles. The molecule has 2 saturated carbocycles. The van der Waals surface area contributed by atoms with Gasteiger partial charge in [-0.25, -0.2) is 8.42 Å². The van der Waals surface area contributed by atoms with Gasteiger partial charge < -0.3 is 10.6 Å². The summed E-state index contributed by atoms with van der Waals surface area (Å²) in [4.78, 5) is 23.8. The first-order valence-electron chi connectivity index (χ1n) is 9.91. The third-order valence-electron chi connectivity index (χ3n) is 5.80. The summed E-state index contributed by atoms with van der Waals surface area (Å²) >= 11 is 6.04. The predicted octanol–water partition coefficient (Wildman–Crippen LogP) is 2.78. The van der Waals surface area contributed by atoms with Crippen molar-refractivity contribution in [3.63, 3.8) is 0 Å². The maximum absolute atomic E-state index is 12.6. The number of nitrogens with one attached hydrogen (secondary N) is 3. The Balaban J connectivity index is 1.35. The standard InChI is InChI=1S/C20H24ClN5O4S/c1-12(27)23-17-6-20(7-17)8-18(9-20)26-11-13(10-22-26)19(28)24-15-3-14(21)4-16(5-15)25-31(2,29)30/h3-5,10-11,17-18,25H,6-9H2,1-2H3,(H,23,27)(H,24,28). The Morgan fingerprint density at radius 2 is 1.84 bits per heavy atom. The zero-order chi connectivity index (χ0) is 22.4. The SMILES string of the molecule is CC(=O)NC1CC2(C1)CC(n1cc(C(=O)Nc3cc(Cl)cc(NS(C)(=O)=O)c3)cn1)C2. The van der Waals surface area contributed by atoms with Gasteiger partial charge in [-0.2, -0.15) is 5.10 Å². The molecule has 2 aromatic rings. The monoisotopic (exact) mass is 465 g/mol. The first-order valence-corrected chi connectivity index (χ1v) is 12.2. The van der Waals surface area contributed by atoms with Gasteiger partial charge in [0.15, 0.2) is 0 Å². The van der Waals surface area contributed by atoms with Crippen molar-refractivity contribution < 1.29 is 18.0 Å². The maximum Gasteiger partial charge on any atom is 0.258 e. The van der Waals surface area contributed by atoms with Crippen molar-refractivity contribution in [2.24, 2.45) is 5.41 Å². The fourth-order valence-electron chi connectivity index (χ4n) is 4.63. The van der Waals surface area contributed by atoms with Crippen LogP contribution in [0.3, 0.4) is 0 Å². The Bertz CT molecular complexity index is 1130. The first-order chi connectivity index (χ1) is 14.5. The van der Waals surface area contributed by atoms with E-state index in [1.165, 1.54) is 31.3 Å². The Labute approximate surface area is 185 Å². The van der Waals surface area contributed by atoms with E-state index in [4.69, 9.17) is 11.6 Å². The van der Waals surface area contributed by atoms with Crippen molar-refractivity contribution in [3.05, 3.63) is 41.2 Å². The number of aromatic nitrogens is 2. The molecule has 9 nitrogen and oxygen atoms in total. The summed E-state index contributed by atoms with van der Waals surface area (Å²) in [7, 11) is -3.47. The van der Waals surface area contributed by atoms with Crippen molar-refractivity contribution in [1.82, 2.24) is 15.1 Å². The Morgan fingerprint density at radius 1 is 1.16 bits per heavy atom. The van der Waals surface area contributed by atoms with Gasteiger partial charge in [0.05, 0.1) is 29.7 Å². The van der Waals surface area contributed by atoms with Crippen LogP contribution in [0.25, 0.3) is 0 Å². The average molecular weight is 466 g/mol. The van der Waals surface area contributed by atoms with Gasteiger partial charge in [-0.3, -0.25) is 19.0 Å². The van der Waals surface area contributed by atoms with Crippen molar-refractivity contribution in [3.8, 4) is 0 Å². The lowest BCUT2D eigenvalue weighted by atomic mass is 9.52. The van der Waals surface area contributed by atoms with Crippen LogP contribution in [0, 0.1) is 5.41 Å². The van der Waals surface area contributed by atoms with Crippen molar-refractivity contribution in [2.45, 2.75) is 44.7 Å². The van der Waals surface area contributed by atoms with Crippen LogP contribution in [0.15, 0.2) is 30.6 Å². The van der Waals surface area contributed by atoms with Crippen LogP contribution in [0.2, 0.25) is 5.02 Å². The van der Waals surface area contributed by atoms with Gasteiger partial charge in [-0.15, -0.1) is 0 Å². The highest BCUT2D eigenvalue weighted by Gasteiger charge is 2.53. The summed E-state index contributed by atoms with van der Waals surface area (Å²) in [5.41, 5.74) is 1.33. The molecular weight excluding hydrogens is 442 g/mol. The molecule has 2 amide bonds. The van der Waals surface area contributed by atoms with E-state index in [1.54, 1.807) is 6.20 Å². The van der Waals surface area contributed by atoms with Crippen LogP contribution in [-0.2, 0) is 14.8 Å². The molecule has 0 unspecified atom stereocenters. The third kappa shape index (κ3) is 5.01. The quantitative estimate of drug-likeness (QED) is 0.605. The minimum atomic E-state index is -3.47. The highest BCUT2D eigenvalue weighted by atomic mass is 35.5. The number of rotatable bonds is 6. The highest BCUT2D eigenvalue weighted by molar-refractivity contribution is 7.92. The topological polar surface area (TPSA) is 122 Å². The lowest BCUT2D eigenvalue weighted by Crippen LogP contribution is -2.56. The fraction of sp³-hybridized carbons (Fsp3) is 0.450. The van der Waals surface area contributed by atoms with E-state index in [2.05, 4.69) is 20.5 Å². The number of carbonyl (C=O) groups excluding carboxylic acids is 2. The number of benzene rings is 1. The first kappa shape index (κ1) is 21.6. The van der Waals surface area contributed by atoms with Crippen molar-refractivity contribution in [1.29, 1.82) is 0 Å². The fourth-order valence-corrected chi connectivity index (χ4v) is 5.41. The van der Waals surface area contributed by atoms with Gasteiger partial charge in [-0.1, -0.05) is 11.6 Å². The van der Waals surface area contributed by atoms with Gasteiger partial charge in [0.2, 0.25) is 15.9 Å². The smallest absolute Gasteiger partial charge is 0.258 e. The Hall–Kier alpha value is -2.59.